The molecule has 0 spiro atoms. The van der Waals surface area contributed by atoms with Gasteiger partial charge < -0.3 is 18.9 Å². The second-order valence-corrected chi connectivity index (χ2v) is 7.92. The number of Topliss-reactive ketones (excluding diaryl/α,β-unsaturated/α-hetero) is 1. The molecule has 3 rings (SSSR count). The van der Waals surface area contributed by atoms with Crippen LogP contribution in [0.25, 0.3) is 0 Å². The van der Waals surface area contributed by atoms with E-state index < -0.39 is 35.5 Å². The fourth-order valence-electron chi connectivity index (χ4n) is 4.05. The summed E-state index contributed by atoms with van der Waals surface area (Å²) in [5.41, 5.74) is -0.585. The Bertz CT molecular complexity index is 586. The van der Waals surface area contributed by atoms with Gasteiger partial charge in [0, 0.05) is 20.0 Å². The first kappa shape index (κ1) is 18.3. The molecule has 3 saturated heterocycles. The van der Waals surface area contributed by atoms with E-state index in [1.807, 2.05) is 6.92 Å². The first-order chi connectivity index (χ1) is 11.7. The Morgan fingerprint density at radius 1 is 1.28 bits per heavy atom. The van der Waals surface area contributed by atoms with Crippen molar-refractivity contribution in [2.24, 2.45) is 11.8 Å². The summed E-state index contributed by atoms with van der Waals surface area (Å²) in [5, 5.41) is 0. The van der Waals surface area contributed by atoms with Crippen molar-refractivity contribution in [1.29, 1.82) is 0 Å². The van der Waals surface area contributed by atoms with E-state index in [9.17, 15) is 14.4 Å². The molecule has 3 heterocycles. The molecule has 3 aliphatic heterocycles. The predicted octanol–water partition coefficient (Wildman–Crippen LogP) is 1.76. The van der Waals surface area contributed by atoms with Crippen LogP contribution >= 0.6 is 0 Å². The second kappa shape index (κ2) is 6.36. The van der Waals surface area contributed by atoms with Gasteiger partial charge in [-0.1, -0.05) is 13.8 Å². The zero-order valence-electron chi connectivity index (χ0n) is 15.2. The summed E-state index contributed by atoms with van der Waals surface area (Å²) in [7, 11) is 1.52. The van der Waals surface area contributed by atoms with Crippen LogP contribution in [0.5, 0.6) is 0 Å². The van der Waals surface area contributed by atoms with Crippen molar-refractivity contribution in [1.82, 2.24) is 0 Å². The van der Waals surface area contributed by atoms with Crippen molar-refractivity contribution in [2.45, 2.75) is 76.5 Å². The lowest BCUT2D eigenvalue weighted by Crippen LogP contribution is -2.41. The van der Waals surface area contributed by atoms with Crippen molar-refractivity contribution in [3.8, 4) is 0 Å². The average molecular weight is 354 g/mol. The number of methoxy groups -OCH3 is 1. The van der Waals surface area contributed by atoms with Gasteiger partial charge in [0.15, 0.2) is 17.7 Å². The summed E-state index contributed by atoms with van der Waals surface area (Å²) < 4.78 is 22.7. The molecule has 0 aromatic rings. The van der Waals surface area contributed by atoms with E-state index in [0.29, 0.717) is 19.3 Å². The van der Waals surface area contributed by atoms with E-state index in [1.165, 1.54) is 7.11 Å². The van der Waals surface area contributed by atoms with E-state index in [2.05, 4.69) is 0 Å². The van der Waals surface area contributed by atoms with Gasteiger partial charge in [0.1, 0.15) is 6.10 Å². The molecule has 0 aromatic carbocycles. The van der Waals surface area contributed by atoms with Crippen LogP contribution in [-0.4, -0.2) is 48.4 Å². The van der Waals surface area contributed by atoms with E-state index in [0.717, 1.165) is 0 Å². The third-order valence-corrected chi connectivity index (χ3v) is 5.50. The van der Waals surface area contributed by atoms with Crippen molar-refractivity contribution in [2.75, 3.05) is 7.11 Å². The van der Waals surface area contributed by atoms with Crippen LogP contribution in [0.4, 0.5) is 0 Å². The Balaban J connectivity index is 1.95. The minimum absolute atomic E-state index is 0.0262. The van der Waals surface area contributed by atoms with Crippen molar-refractivity contribution < 1.29 is 33.3 Å². The summed E-state index contributed by atoms with van der Waals surface area (Å²) >= 11 is 0. The normalized spacial score (nSPS) is 40.9. The molecule has 7 nitrogen and oxygen atoms in total. The molecule has 0 N–H and O–H groups in total. The largest absolute Gasteiger partial charge is 0.462 e. The molecule has 0 unspecified atom stereocenters. The van der Waals surface area contributed by atoms with Gasteiger partial charge in [-0.25, -0.2) is 0 Å². The number of carbonyl (C=O) groups excluding carboxylic acids is 3. The standard InChI is InChI=1S/C18H26O7/c1-10(2)16(21)23-13-9-17(3)5-6-18(22-4,25-17)8-12(19)15-11(13)7-14(20)24-15/h10-11,13,15H,5-9H2,1-4H3/t11-,13-,15+,17-,18+/m1/s1. The van der Waals surface area contributed by atoms with Crippen LogP contribution in [0.3, 0.4) is 0 Å². The smallest absolute Gasteiger partial charge is 0.308 e. The minimum Gasteiger partial charge on any atom is -0.462 e. The molecule has 0 amide bonds. The van der Waals surface area contributed by atoms with Crippen LogP contribution in [0.1, 0.15) is 52.9 Å². The molecule has 140 valence electrons. The van der Waals surface area contributed by atoms with Gasteiger partial charge in [-0.2, -0.15) is 0 Å². The molecular weight excluding hydrogens is 328 g/mol. The Kier molecular flexibility index (Phi) is 4.66. The Labute approximate surface area is 147 Å². The third-order valence-electron chi connectivity index (χ3n) is 5.50. The number of esters is 2. The third kappa shape index (κ3) is 3.44. The summed E-state index contributed by atoms with van der Waals surface area (Å²) in [5.74, 6) is -2.79. The molecule has 7 heteroatoms. The Morgan fingerprint density at radius 2 is 2.00 bits per heavy atom. The molecule has 25 heavy (non-hydrogen) atoms. The fraction of sp³-hybridized carbons (Fsp3) is 0.833. The molecule has 0 aliphatic carbocycles. The van der Waals surface area contributed by atoms with Gasteiger partial charge in [-0.15, -0.1) is 0 Å². The number of hydrogen-bond donors (Lipinski definition) is 0. The Hall–Kier alpha value is -1.47. The van der Waals surface area contributed by atoms with Crippen molar-refractivity contribution >= 4 is 17.7 Å². The van der Waals surface area contributed by atoms with Crippen LogP contribution in [0.2, 0.25) is 0 Å². The molecule has 5 atom stereocenters. The highest BCUT2D eigenvalue weighted by atomic mass is 16.7. The van der Waals surface area contributed by atoms with E-state index in [-0.39, 0.29) is 30.5 Å². The van der Waals surface area contributed by atoms with Crippen LogP contribution in [0, 0.1) is 11.8 Å². The van der Waals surface area contributed by atoms with E-state index >= 15 is 0 Å². The highest BCUT2D eigenvalue weighted by molar-refractivity contribution is 5.89. The number of hydrogen-bond acceptors (Lipinski definition) is 7. The minimum atomic E-state index is -0.998. The van der Waals surface area contributed by atoms with Gasteiger partial charge in [-0.3, -0.25) is 14.4 Å². The topological polar surface area (TPSA) is 88.1 Å². The number of ether oxygens (including phenoxy) is 4. The first-order valence-corrected chi connectivity index (χ1v) is 8.85. The van der Waals surface area contributed by atoms with Crippen LogP contribution in [-0.2, 0) is 33.3 Å². The maximum Gasteiger partial charge on any atom is 0.308 e. The molecule has 0 aromatic heterocycles. The summed E-state index contributed by atoms with van der Waals surface area (Å²) in [6.07, 6.45) is 0.252. The van der Waals surface area contributed by atoms with Gasteiger partial charge in [0.2, 0.25) is 0 Å². The van der Waals surface area contributed by atoms with Gasteiger partial charge >= 0.3 is 11.9 Å². The number of fused-ring (bicyclic) bond motifs is 3. The highest BCUT2D eigenvalue weighted by Crippen LogP contribution is 2.47. The van der Waals surface area contributed by atoms with E-state index in [1.54, 1.807) is 13.8 Å². The number of carbonyl (C=O) groups is 3. The lowest BCUT2D eigenvalue weighted by Gasteiger charge is -2.33. The lowest BCUT2D eigenvalue weighted by molar-refractivity contribution is -0.240. The fourth-order valence-corrected chi connectivity index (χ4v) is 4.05. The van der Waals surface area contributed by atoms with Crippen LogP contribution < -0.4 is 0 Å². The number of ketones is 1. The SMILES string of the molecule is CO[C@]12CC[C@](C)(C[C@@H](OC(=O)C(C)C)[C@H]3CC(=O)O[C@@H]3C(=O)C1)O2. The molecule has 3 fully saturated rings. The molecule has 3 aliphatic rings. The quantitative estimate of drug-likeness (QED) is 0.714. The van der Waals surface area contributed by atoms with Gasteiger partial charge in [0.25, 0.3) is 0 Å². The maximum absolute atomic E-state index is 12.8. The Morgan fingerprint density at radius 3 is 2.64 bits per heavy atom. The van der Waals surface area contributed by atoms with Gasteiger partial charge in [-0.05, 0) is 13.3 Å². The zero-order chi connectivity index (χ0) is 18.4. The summed E-state index contributed by atoms with van der Waals surface area (Å²) in [6, 6.07) is 0. The lowest BCUT2D eigenvalue weighted by atomic mass is 9.82. The molecule has 2 bridgehead atoms. The van der Waals surface area contributed by atoms with Crippen molar-refractivity contribution in [3.05, 3.63) is 0 Å². The predicted molar refractivity (Wildman–Crippen MR) is 85.4 cm³/mol. The second-order valence-electron chi connectivity index (χ2n) is 7.92. The monoisotopic (exact) mass is 354 g/mol. The maximum atomic E-state index is 12.8. The highest BCUT2D eigenvalue weighted by Gasteiger charge is 2.56. The average Bonchev–Trinajstić information content (AvgIpc) is 3.08. The summed E-state index contributed by atoms with van der Waals surface area (Å²) in [4.78, 5) is 36.8. The summed E-state index contributed by atoms with van der Waals surface area (Å²) in [6.45, 7) is 5.44. The van der Waals surface area contributed by atoms with Gasteiger partial charge in [0.05, 0.1) is 30.3 Å². The van der Waals surface area contributed by atoms with E-state index in [4.69, 9.17) is 18.9 Å². The number of rotatable bonds is 3. The van der Waals surface area contributed by atoms with Crippen molar-refractivity contribution in [3.63, 3.8) is 0 Å². The first-order valence-electron chi connectivity index (χ1n) is 8.85. The van der Waals surface area contributed by atoms with Crippen LogP contribution in [0.15, 0.2) is 0 Å². The molecule has 0 radical (unpaired) electrons. The molecular formula is C18H26O7. The zero-order valence-corrected chi connectivity index (χ0v) is 15.2. The molecule has 0 saturated carbocycles.